The van der Waals surface area contributed by atoms with E-state index in [2.05, 4.69) is 51.7 Å². The largest absolute Gasteiger partial charge is 0.303 e. The molecular weight excluding hydrogens is 326 g/mol. The Morgan fingerprint density at radius 2 is 2.28 bits per heavy atom. The van der Waals surface area contributed by atoms with Gasteiger partial charge in [-0.25, -0.2) is 0 Å². The highest BCUT2D eigenvalue weighted by molar-refractivity contribution is 9.11. The Bertz CT molecular complexity index is 531. The lowest BCUT2D eigenvalue weighted by Gasteiger charge is -2.26. The molecule has 1 nitrogen and oxygen atoms in total. The normalized spacial score (nSPS) is 20.7. The average Bonchev–Trinajstić information content (AvgIpc) is 2.97. The first-order valence-corrected chi connectivity index (χ1v) is 8.80. The van der Waals surface area contributed by atoms with Crippen molar-refractivity contribution in [2.45, 2.75) is 38.3 Å². The molecule has 2 aromatic heterocycles. The SMILES string of the molecule is CC(NC1CCCc2sccc21)c1ccc(Br)s1. The number of hydrogen-bond acceptors (Lipinski definition) is 3. The molecule has 0 aliphatic heterocycles. The summed E-state index contributed by atoms with van der Waals surface area (Å²) in [5.41, 5.74) is 1.54. The fourth-order valence-electron chi connectivity index (χ4n) is 2.60. The molecule has 1 aliphatic rings. The van der Waals surface area contributed by atoms with Crippen LogP contribution in [0.1, 0.15) is 47.2 Å². The maximum Gasteiger partial charge on any atom is 0.0701 e. The maximum absolute atomic E-state index is 3.79. The number of halogens is 1. The van der Waals surface area contributed by atoms with Crippen molar-refractivity contribution >= 4 is 38.6 Å². The predicted octanol–water partition coefficient (Wildman–Crippen LogP) is 5.30. The Kier molecular flexibility index (Phi) is 3.89. The minimum atomic E-state index is 0.428. The summed E-state index contributed by atoms with van der Waals surface area (Å²) < 4.78 is 1.21. The van der Waals surface area contributed by atoms with Gasteiger partial charge in [0.15, 0.2) is 0 Å². The van der Waals surface area contributed by atoms with E-state index in [0.29, 0.717) is 12.1 Å². The van der Waals surface area contributed by atoms with Crippen LogP contribution in [0, 0.1) is 0 Å². The van der Waals surface area contributed by atoms with Crippen LogP contribution in [0.2, 0.25) is 0 Å². The van der Waals surface area contributed by atoms with Gasteiger partial charge in [0.05, 0.1) is 3.79 Å². The molecule has 4 heteroatoms. The zero-order valence-electron chi connectivity index (χ0n) is 10.3. The Labute approximate surface area is 124 Å². The van der Waals surface area contributed by atoms with E-state index in [1.54, 1.807) is 4.88 Å². The number of rotatable bonds is 3. The summed E-state index contributed by atoms with van der Waals surface area (Å²) >= 11 is 7.27. The van der Waals surface area contributed by atoms with Crippen LogP contribution in [0.4, 0.5) is 0 Å². The number of hydrogen-bond donors (Lipinski definition) is 1. The first kappa shape index (κ1) is 12.9. The second-order valence-corrected chi connectivity index (χ2v) is 8.27. The fourth-order valence-corrected chi connectivity index (χ4v) is 5.03. The zero-order chi connectivity index (χ0) is 12.5. The molecule has 1 aliphatic carbocycles. The smallest absolute Gasteiger partial charge is 0.0701 e. The van der Waals surface area contributed by atoms with Crippen LogP contribution < -0.4 is 5.32 Å². The summed E-state index contributed by atoms with van der Waals surface area (Å²) in [5, 5.41) is 6.02. The summed E-state index contributed by atoms with van der Waals surface area (Å²) in [6.45, 7) is 2.26. The Balaban J connectivity index is 1.74. The maximum atomic E-state index is 3.79. The molecule has 0 amide bonds. The molecule has 0 fully saturated rings. The number of nitrogens with one attached hydrogen (secondary N) is 1. The zero-order valence-corrected chi connectivity index (χ0v) is 13.5. The summed E-state index contributed by atoms with van der Waals surface area (Å²) in [5.74, 6) is 0. The van der Waals surface area contributed by atoms with Gasteiger partial charge < -0.3 is 5.32 Å². The molecule has 96 valence electrons. The van der Waals surface area contributed by atoms with Crippen LogP contribution in [-0.4, -0.2) is 0 Å². The molecule has 1 N–H and O–H groups in total. The highest BCUT2D eigenvalue weighted by Gasteiger charge is 2.23. The van der Waals surface area contributed by atoms with E-state index in [4.69, 9.17) is 0 Å². The van der Waals surface area contributed by atoms with Crippen molar-refractivity contribution in [3.63, 3.8) is 0 Å². The Morgan fingerprint density at radius 1 is 1.39 bits per heavy atom. The predicted molar refractivity (Wildman–Crippen MR) is 83.6 cm³/mol. The minimum absolute atomic E-state index is 0.428. The summed E-state index contributed by atoms with van der Waals surface area (Å²) in [7, 11) is 0. The Morgan fingerprint density at radius 3 is 3.06 bits per heavy atom. The monoisotopic (exact) mass is 341 g/mol. The molecule has 0 aromatic carbocycles. The molecule has 0 spiro atoms. The van der Waals surface area contributed by atoms with E-state index >= 15 is 0 Å². The van der Waals surface area contributed by atoms with Gasteiger partial charge in [0.1, 0.15) is 0 Å². The molecule has 3 rings (SSSR count). The van der Waals surface area contributed by atoms with E-state index in [1.807, 2.05) is 22.7 Å². The van der Waals surface area contributed by atoms with Gasteiger partial charge in [-0.1, -0.05) is 0 Å². The van der Waals surface area contributed by atoms with E-state index in [-0.39, 0.29) is 0 Å². The summed E-state index contributed by atoms with van der Waals surface area (Å²) in [6, 6.07) is 7.61. The fraction of sp³-hybridized carbons (Fsp3) is 0.429. The molecule has 0 saturated carbocycles. The summed E-state index contributed by atoms with van der Waals surface area (Å²) in [6.07, 6.45) is 3.84. The average molecular weight is 342 g/mol. The van der Waals surface area contributed by atoms with E-state index < -0.39 is 0 Å². The molecule has 2 heterocycles. The third-order valence-electron chi connectivity index (χ3n) is 3.52. The molecule has 0 bridgehead atoms. The first-order valence-electron chi connectivity index (χ1n) is 6.31. The van der Waals surface area contributed by atoms with Crippen LogP contribution >= 0.6 is 38.6 Å². The van der Waals surface area contributed by atoms with E-state index in [0.717, 1.165) is 0 Å². The van der Waals surface area contributed by atoms with E-state index in [1.165, 1.54) is 33.5 Å². The number of aryl methyl sites for hydroxylation is 1. The third-order valence-corrected chi connectivity index (χ3v) is 6.33. The quantitative estimate of drug-likeness (QED) is 0.798. The highest BCUT2D eigenvalue weighted by atomic mass is 79.9. The van der Waals surface area contributed by atoms with Gasteiger partial charge in [0.25, 0.3) is 0 Å². The van der Waals surface area contributed by atoms with Crippen molar-refractivity contribution in [2.24, 2.45) is 0 Å². The second kappa shape index (κ2) is 5.45. The highest BCUT2D eigenvalue weighted by Crippen LogP contribution is 2.36. The first-order chi connectivity index (χ1) is 8.74. The molecule has 2 atom stereocenters. The van der Waals surface area contributed by atoms with Crippen molar-refractivity contribution < 1.29 is 0 Å². The van der Waals surface area contributed by atoms with Crippen LogP contribution in [0.3, 0.4) is 0 Å². The topological polar surface area (TPSA) is 12.0 Å². The molecule has 2 aromatic rings. The van der Waals surface area contributed by atoms with Gasteiger partial charge >= 0.3 is 0 Å². The van der Waals surface area contributed by atoms with Gasteiger partial charge in [-0.3, -0.25) is 0 Å². The van der Waals surface area contributed by atoms with Crippen LogP contribution in [0.5, 0.6) is 0 Å². The third kappa shape index (κ3) is 2.57. The van der Waals surface area contributed by atoms with Crippen molar-refractivity contribution in [1.82, 2.24) is 5.32 Å². The van der Waals surface area contributed by atoms with E-state index in [9.17, 15) is 0 Å². The molecular formula is C14H16BrNS2. The van der Waals surface area contributed by atoms with Crippen molar-refractivity contribution in [1.29, 1.82) is 0 Å². The van der Waals surface area contributed by atoms with Crippen molar-refractivity contribution in [2.75, 3.05) is 0 Å². The minimum Gasteiger partial charge on any atom is -0.303 e. The van der Waals surface area contributed by atoms with Gasteiger partial charge in [0, 0.05) is 21.8 Å². The second-order valence-electron chi connectivity index (χ2n) is 4.77. The Hall–Kier alpha value is -0.160. The van der Waals surface area contributed by atoms with Crippen LogP contribution in [0.25, 0.3) is 0 Å². The molecule has 0 saturated heterocycles. The number of thiophene rings is 2. The number of fused-ring (bicyclic) bond motifs is 1. The molecule has 0 radical (unpaired) electrons. The standard InChI is InChI=1S/C14H16BrNS2/c1-9(12-5-6-14(15)18-12)16-11-3-2-4-13-10(11)7-8-17-13/h5-9,11,16H,2-4H2,1H3. The van der Waals surface area contributed by atoms with Gasteiger partial charge in [-0.05, 0) is 71.3 Å². The van der Waals surface area contributed by atoms with Gasteiger partial charge in [-0.15, -0.1) is 22.7 Å². The molecule has 2 unspecified atom stereocenters. The van der Waals surface area contributed by atoms with Crippen LogP contribution in [-0.2, 0) is 6.42 Å². The lowest BCUT2D eigenvalue weighted by Crippen LogP contribution is -2.26. The van der Waals surface area contributed by atoms with Gasteiger partial charge in [0.2, 0.25) is 0 Å². The van der Waals surface area contributed by atoms with Crippen LogP contribution in [0.15, 0.2) is 27.4 Å². The lowest BCUT2D eigenvalue weighted by atomic mass is 9.93. The van der Waals surface area contributed by atoms with Gasteiger partial charge in [-0.2, -0.15) is 0 Å². The lowest BCUT2D eigenvalue weighted by molar-refractivity contribution is 0.421. The van der Waals surface area contributed by atoms with Crippen molar-refractivity contribution in [3.8, 4) is 0 Å². The summed E-state index contributed by atoms with van der Waals surface area (Å²) in [4.78, 5) is 2.99. The molecule has 18 heavy (non-hydrogen) atoms. The van der Waals surface area contributed by atoms with Crippen molar-refractivity contribution in [3.05, 3.63) is 42.7 Å².